The van der Waals surface area contributed by atoms with Crippen LogP contribution in [0.25, 0.3) is 0 Å². The molecule has 0 aliphatic carbocycles. The van der Waals surface area contributed by atoms with Crippen molar-refractivity contribution in [3.05, 3.63) is 57.8 Å². The predicted octanol–water partition coefficient (Wildman–Crippen LogP) is 3.67. The highest BCUT2D eigenvalue weighted by molar-refractivity contribution is 6.33. The molecule has 0 saturated heterocycles. The summed E-state index contributed by atoms with van der Waals surface area (Å²) in [5.74, 6) is -0.620. The number of carboxylic acids is 1. The van der Waals surface area contributed by atoms with Gasteiger partial charge in [0.05, 0.1) is 6.20 Å². The number of halogens is 2. The highest BCUT2D eigenvalue weighted by Gasteiger charge is 2.06. The second-order valence-corrected chi connectivity index (χ2v) is 4.55. The van der Waals surface area contributed by atoms with Gasteiger partial charge in [0.2, 0.25) is 0 Å². The van der Waals surface area contributed by atoms with Gasteiger partial charge in [-0.05, 0) is 30.3 Å². The van der Waals surface area contributed by atoms with Crippen molar-refractivity contribution in [1.29, 1.82) is 0 Å². The second-order valence-electron chi connectivity index (χ2n) is 3.71. The number of carboxylic acid groups (broad SMARTS) is 1. The molecule has 2 rings (SSSR count). The van der Waals surface area contributed by atoms with Crippen molar-refractivity contribution in [2.24, 2.45) is 0 Å². The Hall–Kier alpha value is -1.78. The van der Waals surface area contributed by atoms with E-state index < -0.39 is 5.97 Å². The van der Waals surface area contributed by atoms with Crippen LogP contribution in [0, 0.1) is 0 Å². The average Bonchev–Trinajstić information content (AvgIpc) is 2.40. The molecule has 1 N–H and O–H groups in total. The number of hydrogen-bond acceptors (Lipinski definition) is 3. The Morgan fingerprint density at radius 3 is 2.68 bits per heavy atom. The Morgan fingerprint density at radius 1 is 1.26 bits per heavy atom. The Bertz CT molecular complexity index is 599. The molecular formula is C13H9Cl2NO3. The van der Waals surface area contributed by atoms with Crippen LogP contribution in [-0.4, -0.2) is 16.1 Å². The number of carbonyl (C=O) groups is 1. The molecule has 0 aliphatic rings. The maximum atomic E-state index is 10.6. The highest BCUT2D eigenvalue weighted by atomic mass is 35.5. The molecular weight excluding hydrogens is 289 g/mol. The molecule has 1 aromatic carbocycles. The Morgan fingerprint density at radius 2 is 2.05 bits per heavy atom. The smallest absolute Gasteiger partial charge is 0.354 e. The van der Waals surface area contributed by atoms with Gasteiger partial charge >= 0.3 is 5.97 Å². The van der Waals surface area contributed by atoms with Crippen LogP contribution in [0.4, 0.5) is 0 Å². The summed E-state index contributed by atoms with van der Waals surface area (Å²) in [6, 6.07) is 8.00. The summed E-state index contributed by atoms with van der Waals surface area (Å²) in [5, 5.41) is 9.84. The van der Waals surface area contributed by atoms with Gasteiger partial charge in [0.15, 0.2) is 0 Å². The van der Waals surface area contributed by atoms with E-state index >= 15 is 0 Å². The second kappa shape index (κ2) is 5.91. The summed E-state index contributed by atoms with van der Waals surface area (Å²) in [6.45, 7) is 0.230. The number of rotatable bonds is 4. The van der Waals surface area contributed by atoms with E-state index in [0.29, 0.717) is 15.8 Å². The SMILES string of the molecule is O=C(O)c1ccc(OCc2cc(Cl)ccc2Cl)cn1. The third kappa shape index (κ3) is 3.59. The fourth-order valence-electron chi connectivity index (χ4n) is 1.41. The van der Waals surface area contributed by atoms with Crippen molar-refractivity contribution in [2.45, 2.75) is 6.61 Å². The summed E-state index contributed by atoms with van der Waals surface area (Å²) in [7, 11) is 0. The van der Waals surface area contributed by atoms with Gasteiger partial charge in [-0.2, -0.15) is 0 Å². The molecule has 0 bridgehead atoms. The van der Waals surface area contributed by atoms with E-state index in [2.05, 4.69) is 4.98 Å². The van der Waals surface area contributed by atoms with Gasteiger partial charge in [-0.1, -0.05) is 23.2 Å². The van der Waals surface area contributed by atoms with E-state index in [0.717, 1.165) is 5.56 Å². The fraction of sp³-hybridized carbons (Fsp3) is 0.0769. The lowest BCUT2D eigenvalue weighted by Gasteiger charge is -2.08. The minimum atomic E-state index is -1.08. The first-order valence-corrected chi connectivity index (χ1v) is 6.08. The van der Waals surface area contributed by atoms with Crippen molar-refractivity contribution in [1.82, 2.24) is 4.98 Å². The van der Waals surface area contributed by atoms with Gasteiger partial charge in [0.1, 0.15) is 18.1 Å². The summed E-state index contributed by atoms with van der Waals surface area (Å²) in [6.07, 6.45) is 1.35. The molecule has 2 aromatic rings. The summed E-state index contributed by atoms with van der Waals surface area (Å²) in [5.41, 5.74) is 0.713. The van der Waals surface area contributed by atoms with Crippen LogP contribution in [0.5, 0.6) is 5.75 Å². The van der Waals surface area contributed by atoms with Crippen LogP contribution >= 0.6 is 23.2 Å². The van der Waals surface area contributed by atoms with Crippen molar-refractivity contribution >= 4 is 29.2 Å². The number of ether oxygens (including phenoxy) is 1. The maximum absolute atomic E-state index is 10.6. The maximum Gasteiger partial charge on any atom is 0.354 e. The van der Waals surface area contributed by atoms with E-state index in [-0.39, 0.29) is 12.3 Å². The molecule has 1 heterocycles. The standard InChI is InChI=1S/C13H9Cl2NO3/c14-9-1-3-11(15)8(5-9)7-19-10-2-4-12(13(17)18)16-6-10/h1-6H,7H2,(H,17,18). The van der Waals surface area contributed by atoms with Crippen molar-refractivity contribution < 1.29 is 14.6 Å². The minimum Gasteiger partial charge on any atom is -0.487 e. The van der Waals surface area contributed by atoms with E-state index in [1.165, 1.54) is 18.3 Å². The monoisotopic (exact) mass is 297 g/mol. The Balaban J connectivity index is 2.06. The zero-order valence-electron chi connectivity index (χ0n) is 9.64. The lowest BCUT2D eigenvalue weighted by Crippen LogP contribution is -2.01. The number of aromatic nitrogens is 1. The topological polar surface area (TPSA) is 59.4 Å². The van der Waals surface area contributed by atoms with E-state index in [4.69, 9.17) is 33.0 Å². The van der Waals surface area contributed by atoms with Crippen molar-refractivity contribution in [3.8, 4) is 5.75 Å². The summed E-state index contributed by atoms with van der Waals surface area (Å²) >= 11 is 11.9. The largest absolute Gasteiger partial charge is 0.487 e. The van der Waals surface area contributed by atoms with Crippen LogP contribution in [-0.2, 0) is 6.61 Å². The fourth-order valence-corrected chi connectivity index (χ4v) is 1.77. The van der Waals surface area contributed by atoms with Gasteiger partial charge in [-0.3, -0.25) is 0 Å². The molecule has 0 unspecified atom stereocenters. The van der Waals surface area contributed by atoms with Crippen LogP contribution in [0.1, 0.15) is 16.1 Å². The summed E-state index contributed by atoms with van der Waals surface area (Å²) in [4.78, 5) is 14.4. The molecule has 0 amide bonds. The molecule has 98 valence electrons. The van der Waals surface area contributed by atoms with Gasteiger partial charge < -0.3 is 9.84 Å². The molecule has 0 aliphatic heterocycles. The first-order valence-electron chi connectivity index (χ1n) is 5.32. The van der Waals surface area contributed by atoms with Crippen LogP contribution in [0.2, 0.25) is 10.0 Å². The van der Waals surface area contributed by atoms with Gasteiger partial charge in [-0.15, -0.1) is 0 Å². The zero-order valence-corrected chi connectivity index (χ0v) is 11.1. The van der Waals surface area contributed by atoms with Crippen LogP contribution in [0.3, 0.4) is 0 Å². The third-order valence-electron chi connectivity index (χ3n) is 2.36. The highest BCUT2D eigenvalue weighted by Crippen LogP contribution is 2.22. The van der Waals surface area contributed by atoms with Gasteiger partial charge in [0, 0.05) is 15.6 Å². The van der Waals surface area contributed by atoms with Gasteiger partial charge in [0.25, 0.3) is 0 Å². The molecule has 6 heteroatoms. The average molecular weight is 298 g/mol. The Kier molecular flexibility index (Phi) is 4.24. The number of benzene rings is 1. The molecule has 1 aromatic heterocycles. The summed E-state index contributed by atoms with van der Waals surface area (Å²) < 4.78 is 5.46. The Labute approximate surface area is 119 Å². The van der Waals surface area contributed by atoms with Crippen molar-refractivity contribution in [3.63, 3.8) is 0 Å². The van der Waals surface area contributed by atoms with Crippen LogP contribution in [0.15, 0.2) is 36.5 Å². The lowest BCUT2D eigenvalue weighted by atomic mass is 10.2. The lowest BCUT2D eigenvalue weighted by molar-refractivity contribution is 0.0690. The number of pyridine rings is 1. The van der Waals surface area contributed by atoms with E-state index in [1.54, 1.807) is 18.2 Å². The van der Waals surface area contributed by atoms with Crippen LogP contribution < -0.4 is 4.74 Å². The van der Waals surface area contributed by atoms with Gasteiger partial charge in [-0.25, -0.2) is 9.78 Å². The quantitative estimate of drug-likeness (QED) is 0.935. The molecule has 0 fully saturated rings. The molecule has 4 nitrogen and oxygen atoms in total. The zero-order chi connectivity index (χ0) is 13.8. The predicted molar refractivity (Wildman–Crippen MR) is 72.0 cm³/mol. The van der Waals surface area contributed by atoms with Crippen molar-refractivity contribution in [2.75, 3.05) is 0 Å². The molecule has 0 spiro atoms. The van der Waals surface area contributed by atoms with E-state index in [9.17, 15) is 4.79 Å². The number of hydrogen-bond donors (Lipinski definition) is 1. The molecule has 0 radical (unpaired) electrons. The number of aromatic carboxylic acids is 1. The molecule has 0 atom stereocenters. The molecule has 0 saturated carbocycles. The third-order valence-corrected chi connectivity index (χ3v) is 2.96. The molecule has 19 heavy (non-hydrogen) atoms. The normalized spacial score (nSPS) is 10.2. The first kappa shape index (κ1) is 13.6. The first-order chi connectivity index (χ1) is 9.06. The van der Waals surface area contributed by atoms with E-state index in [1.807, 2.05) is 0 Å². The minimum absolute atomic E-state index is 0.0341. The number of nitrogens with zero attached hydrogens (tertiary/aromatic N) is 1.